The Morgan fingerprint density at radius 2 is 1.69 bits per heavy atom. The first-order valence-corrected chi connectivity index (χ1v) is 5.14. The van der Waals surface area contributed by atoms with Gasteiger partial charge in [0.25, 0.3) is 0 Å². The molecule has 0 amide bonds. The molecule has 0 saturated heterocycles. The molecule has 0 N–H and O–H groups in total. The first kappa shape index (κ1) is 8.87. The Bertz CT molecular complexity index is 466. The molecule has 1 heterocycles. The van der Waals surface area contributed by atoms with Gasteiger partial charge in [-0.15, -0.1) is 0 Å². The van der Waals surface area contributed by atoms with E-state index in [0.717, 1.165) is 14.7 Å². The molecule has 2 rings (SSSR count). The molecular weight excluding hydrogens is 275 g/mol. The van der Waals surface area contributed by atoms with Crippen molar-refractivity contribution in [2.45, 2.75) is 13.8 Å². The van der Waals surface area contributed by atoms with Crippen LogP contribution in [0.25, 0.3) is 11.0 Å². The van der Waals surface area contributed by atoms with Gasteiger partial charge in [-0.25, -0.2) is 4.98 Å². The van der Waals surface area contributed by atoms with Crippen LogP contribution < -0.4 is 0 Å². The molecule has 0 unspecified atom stereocenters. The van der Waals surface area contributed by atoms with Crippen LogP contribution in [0.5, 0.6) is 0 Å². The number of benzene rings is 1. The number of hydrogen-bond acceptors (Lipinski definition) is 2. The van der Waals surface area contributed by atoms with Crippen LogP contribution in [-0.4, -0.2) is 9.97 Å². The Morgan fingerprint density at radius 1 is 1.08 bits per heavy atom. The number of rotatable bonds is 0. The van der Waals surface area contributed by atoms with Crippen molar-refractivity contribution >= 4 is 33.6 Å². The van der Waals surface area contributed by atoms with Crippen LogP contribution in [0.15, 0.2) is 18.3 Å². The Morgan fingerprint density at radius 3 is 2.38 bits per heavy atom. The van der Waals surface area contributed by atoms with E-state index in [1.165, 1.54) is 11.1 Å². The minimum Gasteiger partial charge on any atom is -0.252 e. The third kappa shape index (κ3) is 1.65. The van der Waals surface area contributed by atoms with Gasteiger partial charge in [0.05, 0.1) is 17.2 Å². The summed E-state index contributed by atoms with van der Waals surface area (Å²) in [6, 6.07) is 4.16. The largest absolute Gasteiger partial charge is 0.252 e. The predicted molar refractivity (Wildman–Crippen MR) is 61.7 cm³/mol. The second-order valence-electron chi connectivity index (χ2n) is 3.12. The summed E-state index contributed by atoms with van der Waals surface area (Å²) in [6.07, 6.45) is 1.79. The summed E-state index contributed by atoms with van der Waals surface area (Å²) in [6.45, 7) is 4.19. The van der Waals surface area contributed by atoms with Crippen LogP contribution >= 0.6 is 22.6 Å². The van der Waals surface area contributed by atoms with E-state index in [-0.39, 0.29) is 0 Å². The number of aromatic nitrogens is 2. The smallest absolute Gasteiger partial charge is 0.120 e. The lowest BCUT2D eigenvalue weighted by atomic mass is 10.1. The first-order chi connectivity index (χ1) is 6.16. The number of nitrogens with zero attached hydrogens (tertiary/aromatic N) is 2. The number of halogens is 1. The summed E-state index contributed by atoms with van der Waals surface area (Å²) in [5.74, 6) is 0. The molecule has 2 aromatic rings. The molecule has 1 aromatic heterocycles. The van der Waals surface area contributed by atoms with E-state index in [4.69, 9.17) is 0 Å². The molecule has 0 fully saturated rings. The number of hydrogen-bond donors (Lipinski definition) is 0. The van der Waals surface area contributed by atoms with Gasteiger partial charge in [-0.05, 0) is 59.7 Å². The lowest BCUT2D eigenvalue weighted by Gasteiger charge is -2.02. The van der Waals surface area contributed by atoms with Crippen molar-refractivity contribution in [2.75, 3.05) is 0 Å². The van der Waals surface area contributed by atoms with E-state index in [1.807, 2.05) is 0 Å². The van der Waals surface area contributed by atoms with E-state index in [0.29, 0.717) is 0 Å². The summed E-state index contributed by atoms with van der Waals surface area (Å²) in [5.41, 5.74) is 4.49. The summed E-state index contributed by atoms with van der Waals surface area (Å²) in [5, 5.41) is 0. The fourth-order valence-corrected chi connectivity index (χ4v) is 1.64. The zero-order valence-corrected chi connectivity index (χ0v) is 9.66. The predicted octanol–water partition coefficient (Wildman–Crippen LogP) is 2.85. The molecule has 0 aliphatic carbocycles. The Balaban J connectivity index is 2.81. The van der Waals surface area contributed by atoms with Crippen molar-refractivity contribution in [1.82, 2.24) is 9.97 Å². The lowest BCUT2D eigenvalue weighted by molar-refractivity contribution is 1.23. The van der Waals surface area contributed by atoms with Crippen LogP contribution in [0.4, 0.5) is 0 Å². The standard InChI is InChI=1S/C10H9IN2/c1-6-3-8-9(4-7(6)2)13-10(11)5-12-8/h3-5H,1-2H3. The number of fused-ring (bicyclic) bond motifs is 1. The number of aryl methyl sites for hydroxylation is 2. The van der Waals surface area contributed by atoms with Crippen molar-refractivity contribution in [3.8, 4) is 0 Å². The van der Waals surface area contributed by atoms with E-state index in [2.05, 4.69) is 58.5 Å². The molecule has 0 aliphatic heterocycles. The van der Waals surface area contributed by atoms with Crippen LogP contribution in [0.1, 0.15) is 11.1 Å². The molecule has 0 radical (unpaired) electrons. The van der Waals surface area contributed by atoms with Gasteiger partial charge < -0.3 is 0 Å². The molecule has 0 aliphatic rings. The van der Waals surface area contributed by atoms with Crippen LogP contribution in [0.2, 0.25) is 0 Å². The zero-order chi connectivity index (χ0) is 9.42. The van der Waals surface area contributed by atoms with Crippen LogP contribution in [0.3, 0.4) is 0 Å². The van der Waals surface area contributed by atoms with Crippen molar-refractivity contribution in [1.29, 1.82) is 0 Å². The maximum Gasteiger partial charge on any atom is 0.120 e. The monoisotopic (exact) mass is 284 g/mol. The average Bonchev–Trinajstić information content (AvgIpc) is 2.08. The van der Waals surface area contributed by atoms with E-state index >= 15 is 0 Å². The summed E-state index contributed by atoms with van der Waals surface area (Å²) in [4.78, 5) is 8.71. The second-order valence-corrected chi connectivity index (χ2v) is 4.22. The van der Waals surface area contributed by atoms with Gasteiger partial charge in [-0.3, -0.25) is 4.98 Å². The minimum atomic E-state index is 0.938. The Hall–Kier alpha value is -0.710. The average molecular weight is 284 g/mol. The highest BCUT2D eigenvalue weighted by Gasteiger charge is 2.00. The normalized spacial score (nSPS) is 10.7. The van der Waals surface area contributed by atoms with Gasteiger partial charge in [-0.2, -0.15) is 0 Å². The quantitative estimate of drug-likeness (QED) is 0.695. The molecular formula is C10H9IN2. The minimum absolute atomic E-state index is 0.938. The highest BCUT2D eigenvalue weighted by atomic mass is 127. The molecule has 13 heavy (non-hydrogen) atoms. The molecule has 0 atom stereocenters. The summed E-state index contributed by atoms with van der Waals surface area (Å²) >= 11 is 2.17. The topological polar surface area (TPSA) is 25.8 Å². The fraction of sp³-hybridized carbons (Fsp3) is 0.200. The summed E-state index contributed by atoms with van der Waals surface area (Å²) < 4.78 is 0.938. The SMILES string of the molecule is Cc1cc2ncc(I)nc2cc1C. The molecule has 66 valence electrons. The Kier molecular flexibility index (Phi) is 2.19. The van der Waals surface area contributed by atoms with Crippen LogP contribution in [-0.2, 0) is 0 Å². The third-order valence-electron chi connectivity index (χ3n) is 2.13. The maximum atomic E-state index is 4.40. The maximum absolute atomic E-state index is 4.40. The molecule has 0 bridgehead atoms. The van der Waals surface area contributed by atoms with Crippen LogP contribution in [0, 0.1) is 17.5 Å². The van der Waals surface area contributed by atoms with E-state index in [9.17, 15) is 0 Å². The highest BCUT2D eigenvalue weighted by Crippen LogP contribution is 2.16. The summed E-state index contributed by atoms with van der Waals surface area (Å²) in [7, 11) is 0. The van der Waals surface area contributed by atoms with Gasteiger partial charge in [0.2, 0.25) is 0 Å². The Labute approximate surface area is 90.5 Å². The van der Waals surface area contributed by atoms with Gasteiger partial charge in [0.1, 0.15) is 3.70 Å². The van der Waals surface area contributed by atoms with Crippen molar-refractivity contribution in [2.24, 2.45) is 0 Å². The lowest BCUT2D eigenvalue weighted by Crippen LogP contribution is -1.89. The first-order valence-electron chi connectivity index (χ1n) is 4.06. The third-order valence-corrected chi connectivity index (χ3v) is 2.65. The van der Waals surface area contributed by atoms with Gasteiger partial charge in [0, 0.05) is 0 Å². The highest BCUT2D eigenvalue weighted by molar-refractivity contribution is 14.1. The molecule has 3 heteroatoms. The van der Waals surface area contributed by atoms with Gasteiger partial charge >= 0.3 is 0 Å². The second kappa shape index (κ2) is 3.21. The molecule has 2 nitrogen and oxygen atoms in total. The van der Waals surface area contributed by atoms with Gasteiger partial charge in [-0.1, -0.05) is 0 Å². The zero-order valence-electron chi connectivity index (χ0n) is 7.50. The van der Waals surface area contributed by atoms with E-state index in [1.54, 1.807) is 6.20 Å². The molecule has 0 saturated carbocycles. The van der Waals surface area contributed by atoms with Crippen molar-refractivity contribution in [3.63, 3.8) is 0 Å². The van der Waals surface area contributed by atoms with Gasteiger partial charge in [0.15, 0.2) is 0 Å². The van der Waals surface area contributed by atoms with Crippen molar-refractivity contribution in [3.05, 3.63) is 33.2 Å². The fourth-order valence-electron chi connectivity index (χ4n) is 1.25. The molecule has 0 spiro atoms. The molecule has 1 aromatic carbocycles. The van der Waals surface area contributed by atoms with E-state index < -0.39 is 0 Å². The van der Waals surface area contributed by atoms with Crippen molar-refractivity contribution < 1.29 is 0 Å².